The van der Waals surface area contributed by atoms with Gasteiger partial charge in [-0.3, -0.25) is 0 Å². The predicted octanol–water partition coefficient (Wildman–Crippen LogP) is 1.74. The lowest BCUT2D eigenvalue weighted by Crippen LogP contribution is -2.38. The summed E-state index contributed by atoms with van der Waals surface area (Å²) < 4.78 is 22.7. The molecule has 0 fully saturated rings. The molecule has 4 N–H and O–H groups in total. The highest BCUT2D eigenvalue weighted by molar-refractivity contribution is 7.91. The van der Waals surface area contributed by atoms with E-state index in [4.69, 9.17) is 16.7 Å². The minimum Gasteiger partial charge on any atom is -0.357 e. The smallest absolute Gasteiger partial charge is 0.247 e. The van der Waals surface area contributed by atoms with Crippen molar-refractivity contribution >= 4 is 38.9 Å². The molecule has 0 saturated heterocycles. The van der Waals surface area contributed by atoms with Crippen molar-refractivity contribution in [2.75, 3.05) is 13.1 Å². The minimum absolute atomic E-state index is 0.144. The molecule has 0 aliphatic heterocycles. The fourth-order valence-electron chi connectivity index (χ4n) is 1.97. The van der Waals surface area contributed by atoms with E-state index in [1.54, 1.807) is 18.3 Å². The first-order chi connectivity index (χ1) is 11.9. The van der Waals surface area contributed by atoms with Crippen LogP contribution in [0.15, 0.2) is 39.7 Å². The second-order valence-corrected chi connectivity index (χ2v) is 8.47. The summed E-state index contributed by atoms with van der Waals surface area (Å²) in [5, 5.41) is 12.0. The van der Waals surface area contributed by atoms with Crippen LogP contribution in [0.25, 0.3) is 0 Å². The van der Waals surface area contributed by atoms with Crippen LogP contribution in [0.1, 0.15) is 17.4 Å². The molecule has 0 radical (unpaired) electrons. The zero-order chi connectivity index (χ0) is 18.3. The zero-order valence-corrected chi connectivity index (χ0v) is 16.1. The molecule has 0 spiro atoms. The maximum Gasteiger partial charge on any atom is 0.247 e. The average Bonchev–Trinajstić information content (AvgIpc) is 3.04. The lowest BCUT2D eigenvalue weighted by Gasteiger charge is -2.11. The van der Waals surface area contributed by atoms with E-state index in [1.165, 1.54) is 6.07 Å². The molecule has 0 bridgehead atoms. The number of rotatable bonds is 7. The van der Waals surface area contributed by atoms with Crippen LogP contribution in [0.3, 0.4) is 0 Å². The van der Waals surface area contributed by atoms with Crippen LogP contribution in [-0.4, -0.2) is 32.5 Å². The normalized spacial score (nSPS) is 12.2. The summed E-state index contributed by atoms with van der Waals surface area (Å²) in [4.78, 5) is 9.32. The van der Waals surface area contributed by atoms with E-state index < -0.39 is 10.0 Å². The standard InChI is InChI=1S/C15H20ClN5O2S2/c1-2-18-15(19-8-7-11-3-5-13(16)20-9-11)21-10-12-4-6-14(24-12)25(17,22)23/h3-6,9H,2,7-8,10H2,1H3,(H2,17,22,23)(H2,18,19,21). The van der Waals surface area contributed by atoms with E-state index in [0.29, 0.717) is 24.2 Å². The van der Waals surface area contributed by atoms with E-state index >= 15 is 0 Å². The Kier molecular flexibility index (Phi) is 7.18. The van der Waals surface area contributed by atoms with Gasteiger partial charge in [0.25, 0.3) is 0 Å². The third kappa shape index (κ3) is 6.62. The molecular weight excluding hydrogens is 382 g/mol. The number of pyridine rings is 1. The van der Waals surface area contributed by atoms with Gasteiger partial charge in [0.15, 0.2) is 5.96 Å². The van der Waals surface area contributed by atoms with Crippen molar-refractivity contribution in [1.82, 2.24) is 15.6 Å². The maximum absolute atomic E-state index is 11.3. The summed E-state index contributed by atoms with van der Waals surface area (Å²) in [5.41, 5.74) is 1.07. The predicted molar refractivity (Wildman–Crippen MR) is 101 cm³/mol. The number of nitrogens with one attached hydrogen (secondary N) is 2. The minimum atomic E-state index is -3.66. The summed E-state index contributed by atoms with van der Waals surface area (Å²) >= 11 is 6.89. The van der Waals surface area contributed by atoms with Crippen LogP contribution in [0.5, 0.6) is 0 Å². The second kappa shape index (κ2) is 9.14. The van der Waals surface area contributed by atoms with Crippen LogP contribution in [-0.2, 0) is 23.0 Å². The van der Waals surface area contributed by atoms with Gasteiger partial charge in [0.05, 0.1) is 6.54 Å². The van der Waals surface area contributed by atoms with E-state index in [2.05, 4.69) is 20.6 Å². The number of nitrogens with two attached hydrogens (primary N) is 1. The topological polar surface area (TPSA) is 109 Å². The molecule has 2 aromatic rings. The van der Waals surface area contributed by atoms with E-state index in [-0.39, 0.29) is 4.21 Å². The van der Waals surface area contributed by atoms with Crippen LogP contribution in [0.4, 0.5) is 0 Å². The first kappa shape index (κ1) is 19.6. The Morgan fingerprint density at radius 3 is 2.72 bits per heavy atom. The SMILES string of the molecule is CCNC(=NCc1ccc(S(N)(=O)=O)s1)NCCc1ccc(Cl)nc1. The van der Waals surface area contributed by atoms with Crippen LogP contribution in [0.2, 0.25) is 5.15 Å². The molecule has 0 aromatic carbocycles. The summed E-state index contributed by atoms with van der Waals surface area (Å²) in [6.07, 6.45) is 2.53. The number of thiophene rings is 1. The largest absolute Gasteiger partial charge is 0.357 e. The zero-order valence-electron chi connectivity index (χ0n) is 13.7. The van der Waals surface area contributed by atoms with Crippen molar-refractivity contribution in [1.29, 1.82) is 0 Å². The number of hydrogen-bond donors (Lipinski definition) is 3. The van der Waals surface area contributed by atoms with Crippen molar-refractivity contribution < 1.29 is 8.42 Å². The molecule has 0 saturated carbocycles. The molecule has 10 heteroatoms. The Bertz CT molecular complexity index is 819. The Morgan fingerprint density at radius 1 is 1.32 bits per heavy atom. The Labute approximate surface area is 156 Å². The highest BCUT2D eigenvalue weighted by Gasteiger charge is 2.11. The molecule has 2 heterocycles. The summed E-state index contributed by atoms with van der Waals surface area (Å²) in [6.45, 7) is 3.76. The van der Waals surface area contributed by atoms with Crippen molar-refractivity contribution in [3.05, 3.63) is 46.1 Å². The van der Waals surface area contributed by atoms with E-state index in [9.17, 15) is 8.42 Å². The third-order valence-electron chi connectivity index (χ3n) is 3.15. The summed E-state index contributed by atoms with van der Waals surface area (Å²) in [5.74, 6) is 0.662. The van der Waals surface area contributed by atoms with Crippen molar-refractivity contribution in [2.24, 2.45) is 10.1 Å². The van der Waals surface area contributed by atoms with Gasteiger partial charge in [0.2, 0.25) is 10.0 Å². The monoisotopic (exact) mass is 401 g/mol. The highest BCUT2D eigenvalue weighted by atomic mass is 35.5. The lowest BCUT2D eigenvalue weighted by atomic mass is 10.2. The number of hydrogen-bond acceptors (Lipinski definition) is 5. The molecule has 0 atom stereocenters. The first-order valence-corrected chi connectivity index (χ1v) is 10.4. The molecule has 0 unspecified atom stereocenters. The summed E-state index contributed by atoms with van der Waals surface area (Å²) in [7, 11) is -3.66. The number of primary sulfonamides is 1. The fourth-order valence-corrected chi connectivity index (χ4v) is 3.79. The Morgan fingerprint density at radius 2 is 2.12 bits per heavy atom. The first-order valence-electron chi connectivity index (χ1n) is 7.62. The molecular formula is C15H20ClN5O2S2. The van der Waals surface area contributed by atoms with E-state index in [1.807, 2.05) is 13.0 Å². The number of nitrogens with zero attached hydrogens (tertiary/aromatic N) is 2. The van der Waals surface area contributed by atoms with Crippen molar-refractivity contribution in [3.63, 3.8) is 0 Å². The van der Waals surface area contributed by atoms with Gasteiger partial charge in [-0.15, -0.1) is 11.3 Å². The van der Waals surface area contributed by atoms with Crippen molar-refractivity contribution in [2.45, 2.75) is 24.1 Å². The fraction of sp³-hybridized carbons (Fsp3) is 0.333. The number of aromatic nitrogens is 1. The van der Waals surface area contributed by atoms with Crippen LogP contribution >= 0.6 is 22.9 Å². The third-order valence-corrected chi connectivity index (χ3v) is 5.88. The van der Waals surface area contributed by atoms with Gasteiger partial charge in [-0.1, -0.05) is 17.7 Å². The van der Waals surface area contributed by atoms with Gasteiger partial charge in [0.1, 0.15) is 9.36 Å². The van der Waals surface area contributed by atoms with Gasteiger partial charge in [-0.2, -0.15) is 0 Å². The molecule has 136 valence electrons. The Balaban J connectivity index is 1.91. The Hall–Kier alpha value is -1.68. The van der Waals surface area contributed by atoms with Crippen molar-refractivity contribution in [3.8, 4) is 0 Å². The number of sulfonamides is 1. The second-order valence-electron chi connectivity index (χ2n) is 5.13. The maximum atomic E-state index is 11.3. The number of guanidine groups is 1. The summed E-state index contributed by atoms with van der Waals surface area (Å²) in [6, 6.07) is 6.91. The van der Waals surface area contributed by atoms with Crippen LogP contribution in [0, 0.1) is 0 Å². The van der Waals surface area contributed by atoms with Gasteiger partial charge in [0, 0.05) is 24.2 Å². The van der Waals surface area contributed by atoms with E-state index in [0.717, 1.165) is 34.7 Å². The lowest BCUT2D eigenvalue weighted by molar-refractivity contribution is 0.600. The molecule has 0 aliphatic rings. The molecule has 0 amide bonds. The molecule has 7 nitrogen and oxygen atoms in total. The number of halogens is 1. The molecule has 2 aromatic heterocycles. The molecule has 0 aliphatic carbocycles. The molecule has 25 heavy (non-hydrogen) atoms. The van der Waals surface area contributed by atoms with Crippen LogP contribution < -0.4 is 15.8 Å². The quantitative estimate of drug-likeness (QED) is 0.372. The van der Waals surface area contributed by atoms with Gasteiger partial charge >= 0.3 is 0 Å². The highest BCUT2D eigenvalue weighted by Crippen LogP contribution is 2.20. The van der Waals surface area contributed by atoms with Gasteiger partial charge in [-0.25, -0.2) is 23.5 Å². The average molecular weight is 402 g/mol. The number of aliphatic imine (C=N–C) groups is 1. The van der Waals surface area contributed by atoms with Gasteiger partial charge < -0.3 is 10.6 Å². The van der Waals surface area contributed by atoms with Gasteiger partial charge in [-0.05, 0) is 37.1 Å². The molecule has 2 rings (SSSR count).